The van der Waals surface area contributed by atoms with Gasteiger partial charge in [-0.15, -0.1) is 0 Å². The van der Waals surface area contributed by atoms with Crippen LogP contribution in [0.25, 0.3) is 0 Å². The zero-order valence-corrected chi connectivity index (χ0v) is 7.50. The first-order chi connectivity index (χ1) is 7.22. The van der Waals surface area contributed by atoms with Crippen LogP contribution in [0.5, 0.6) is 0 Å². The van der Waals surface area contributed by atoms with E-state index < -0.39 is 11.8 Å². The van der Waals surface area contributed by atoms with E-state index in [9.17, 15) is 9.59 Å². The van der Waals surface area contributed by atoms with E-state index in [0.717, 1.165) is 0 Å². The average molecular weight is 196 g/mol. The van der Waals surface area contributed by atoms with Gasteiger partial charge in [-0.3, -0.25) is 14.9 Å². The molecule has 15 heavy (non-hydrogen) atoms. The molecule has 1 aliphatic rings. The molecule has 0 aliphatic carbocycles. The monoisotopic (exact) mass is 196 g/mol. The van der Waals surface area contributed by atoms with Gasteiger partial charge < -0.3 is 0 Å². The van der Waals surface area contributed by atoms with Gasteiger partial charge in [-0.1, -0.05) is 5.92 Å². The zero-order chi connectivity index (χ0) is 10.8. The lowest BCUT2D eigenvalue weighted by molar-refractivity contribution is 0.0879. The first-order valence-electron chi connectivity index (χ1n) is 4.12. The van der Waals surface area contributed by atoms with Gasteiger partial charge in [0.25, 0.3) is 11.8 Å². The molecule has 4 heteroatoms. The van der Waals surface area contributed by atoms with Crippen LogP contribution in [-0.4, -0.2) is 11.8 Å². The predicted octanol–water partition coefficient (Wildman–Crippen LogP) is 0.445. The third-order valence-electron chi connectivity index (χ3n) is 2.00. The molecular weight excluding hydrogens is 192 g/mol. The van der Waals surface area contributed by atoms with Gasteiger partial charge >= 0.3 is 0 Å². The number of nitrogens with one attached hydrogen (secondary N) is 1. The smallest absolute Gasteiger partial charge is 0.258 e. The SMILES string of the molecule is N#CC#Cc1ccc2c(c1)C(=O)NC2=O. The van der Waals surface area contributed by atoms with E-state index >= 15 is 0 Å². The van der Waals surface area contributed by atoms with E-state index in [1.165, 1.54) is 12.1 Å². The van der Waals surface area contributed by atoms with Crippen LogP contribution in [0.4, 0.5) is 0 Å². The molecule has 0 spiro atoms. The largest absolute Gasteiger partial charge is 0.288 e. The Bertz CT molecular complexity index is 570. The Kier molecular flexibility index (Phi) is 1.97. The molecule has 0 unspecified atom stereocenters. The highest BCUT2D eigenvalue weighted by atomic mass is 16.2. The second kappa shape index (κ2) is 3.28. The molecule has 0 aromatic heterocycles. The molecule has 70 valence electrons. The Labute approximate surface area is 85.5 Å². The Morgan fingerprint density at radius 3 is 2.60 bits per heavy atom. The van der Waals surface area contributed by atoms with E-state index in [1.54, 1.807) is 12.1 Å². The third kappa shape index (κ3) is 1.45. The van der Waals surface area contributed by atoms with E-state index in [4.69, 9.17) is 5.26 Å². The van der Waals surface area contributed by atoms with Crippen molar-refractivity contribution in [2.75, 3.05) is 0 Å². The van der Waals surface area contributed by atoms with Crippen molar-refractivity contribution in [3.63, 3.8) is 0 Å². The number of nitriles is 1. The maximum Gasteiger partial charge on any atom is 0.258 e. The number of imide groups is 1. The van der Waals surface area contributed by atoms with Gasteiger partial charge in [-0.05, 0) is 18.2 Å². The van der Waals surface area contributed by atoms with E-state index in [-0.39, 0.29) is 0 Å². The molecule has 0 fully saturated rings. The number of carbonyl (C=O) groups excluding carboxylic acids is 2. The van der Waals surface area contributed by atoms with Crippen LogP contribution in [0.2, 0.25) is 0 Å². The molecule has 0 saturated carbocycles. The normalized spacial score (nSPS) is 12.2. The van der Waals surface area contributed by atoms with Gasteiger partial charge in [0.05, 0.1) is 11.1 Å². The maximum atomic E-state index is 11.3. The molecule has 0 atom stereocenters. The van der Waals surface area contributed by atoms with Crippen molar-refractivity contribution in [2.24, 2.45) is 0 Å². The van der Waals surface area contributed by atoms with E-state index in [1.807, 2.05) is 0 Å². The summed E-state index contributed by atoms with van der Waals surface area (Å²) in [6, 6.07) is 6.30. The van der Waals surface area contributed by atoms with Crippen molar-refractivity contribution in [1.82, 2.24) is 5.32 Å². The van der Waals surface area contributed by atoms with Crippen LogP contribution >= 0.6 is 0 Å². The fraction of sp³-hybridized carbons (Fsp3) is 0. The predicted molar refractivity (Wildman–Crippen MR) is 50.7 cm³/mol. The lowest BCUT2D eigenvalue weighted by Gasteiger charge is -1.93. The summed E-state index contributed by atoms with van der Waals surface area (Å²) < 4.78 is 0. The summed E-state index contributed by atoms with van der Waals surface area (Å²) in [7, 11) is 0. The fourth-order valence-electron chi connectivity index (χ4n) is 1.35. The number of amides is 2. The highest BCUT2D eigenvalue weighted by Crippen LogP contribution is 2.16. The van der Waals surface area contributed by atoms with Gasteiger partial charge in [0.15, 0.2) is 6.07 Å². The van der Waals surface area contributed by atoms with Crippen molar-refractivity contribution < 1.29 is 9.59 Å². The first-order valence-corrected chi connectivity index (χ1v) is 4.12. The molecule has 0 saturated heterocycles. The molecule has 1 aromatic carbocycles. The van der Waals surface area contributed by atoms with Gasteiger partial charge in [0, 0.05) is 11.5 Å². The van der Waals surface area contributed by atoms with Gasteiger partial charge in [-0.25, -0.2) is 0 Å². The summed E-state index contributed by atoms with van der Waals surface area (Å²) in [4.78, 5) is 22.4. The van der Waals surface area contributed by atoms with Crippen molar-refractivity contribution in [1.29, 1.82) is 5.26 Å². The second-order valence-electron chi connectivity index (χ2n) is 2.91. The Morgan fingerprint density at radius 2 is 1.87 bits per heavy atom. The molecule has 2 amide bonds. The molecule has 0 radical (unpaired) electrons. The number of fused-ring (bicyclic) bond motifs is 1. The number of hydrogen-bond acceptors (Lipinski definition) is 3. The lowest BCUT2D eigenvalue weighted by Crippen LogP contribution is -2.19. The fourth-order valence-corrected chi connectivity index (χ4v) is 1.35. The van der Waals surface area contributed by atoms with E-state index in [2.05, 4.69) is 17.2 Å². The summed E-state index contributed by atoms with van der Waals surface area (Å²) >= 11 is 0. The number of benzene rings is 1. The van der Waals surface area contributed by atoms with Gasteiger partial charge in [0.2, 0.25) is 0 Å². The molecule has 4 nitrogen and oxygen atoms in total. The first kappa shape index (κ1) is 8.98. The number of hydrogen-bond donors (Lipinski definition) is 1. The molecular formula is C11H4N2O2. The van der Waals surface area contributed by atoms with Crippen molar-refractivity contribution in [3.05, 3.63) is 34.9 Å². The Hall–Kier alpha value is -2.59. The van der Waals surface area contributed by atoms with E-state index in [0.29, 0.717) is 16.7 Å². The minimum Gasteiger partial charge on any atom is -0.288 e. The number of carbonyl (C=O) groups is 2. The molecule has 1 N–H and O–H groups in total. The van der Waals surface area contributed by atoms with Crippen LogP contribution in [0, 0.1) is 23.2 Å². The number of nitrogens with zero attached hydrogens (tertiary/aromatic N) is 1. The number of rotatable bonds is 0. The standard InChI is InChI=1S/C11H4N2O2/c12-5-1-2-7-3-4-8-9(6-7)11(15)13-10(8)14/h3-4,6H,(H,13,14,15). The van der Waals surface area contributed by atoms with Gasteiger partial charge in [-0.2, -0.15) is 5.26 Å². The van der Waals surface area contributed by atoms with Crippen molar-refractivity contribution >= 4 is 11.8 Å². The third-order valence-corrected chi connectivity index (χ3v) is 2.00. The Morgan fingerprint density at radius 1 is 1.13 bits per heavy atom. The lowest BCUT2D eigenvalue weighted by atomic mass is 10.1. The summed E-state index contributed by atoms with van der Waals surface area (Å²) in [6.07, 6.45) is 0. The van der Waals surface area contributed by atoms with Crippen molar-refractivity contribution in [2.45, 2.75) is 0 Å². The highest BCUT2D eigenvalue weighted by molar-refractivity contribution is 6.21. The maximum absolute atomic E-state index is 11.3. The average Bonchev–Trinajstić information content (AvgIpc) is 2.52. The minimum atomic E-state index is -0.421. The van der Waals surface area contributed by atoms with Crippen LogP contribution in [-0.2, 0) is 0 Å². The topological polar surface area (TPSA) is 70.0 Å². The van der Waals surface area contributed by atoms with Crippen LogP contribution in [0.15, 0.2) is 18.2 Å². The molecule has 2 rings (SSSR count). The summed E-state index contributed by atoms with van der Waals surface area (Å²) in [5.74, 6) is 3.96. The van der Waals surface area contributed by atoms with Gasteiger partial charge in [0.1, 0.15) is 0 Å². The van der Waals surface area contributed by atoms with Crippen molar-refractivity contribution in [3.8, 4) is 17.9 Å². The quantitative estimate of drug-likeness (QED) is 0.483. The molecule has 0 bridgehead atoms. The zero-order valence-electron chi connectivity index (χ0n) is 7.50. The van der Waals surface area contributed by atoms with Crippen LogP contribution in [0.1, 0.15) is 26.3 Å². The molecule has 1 aromatic rings. The summed E-state index contributed by atoms with van der Waals surface area (Å²) in [5, 5.41) is 10.4. The molecule has 1 aliphatic heterocycles. The van der Waals surface area contributed by atoms with Crippen LogP contribution in [0.3, 0.4) is 0 Å². The summed E-state index contributed by atoms with van der Waals surface area (Å²) in [6.45, 7) is 0. The van der Waals surface area contributed by atoms with Crippen LogP contribution < -0.4 is 5.32 Å². The highest BCUT2D eigenvalue weighted by Gasteiger charge is 2.26. The second-order valence-corrected chi connectivity index (χ2v) is 2.91. The molecule has 1 heterocycles. The Balaban J connectivity index is 2.53. The summed E-state index contributed by atoms with van der Waals surface area (Å²) in [5.41, 5.74) is 1.20. The minimum absolute atomic E-state index is 0.310.